The van der Waals surface area contributed by atoms with Gasteiger partial charge >= 0.3 is 0 Å². The zero-order chi connectivity index (χ0) is 12.3. The Morgan fingerprint density at radius 3 is 3.00 bits per heavy atom. The summed E-state index contributed by atoms with van der Waals surface area (Å²) in [6.07, 6.45) is 1.69. The van der Waals surface area contributed by atoms with Crippen LogP contribution in [0.1, 0.15) is 28.5 Å². The van der Waals surface area contributed by atoms with Crippen LogP contribution in [0.15, 0.2) is 34.6 Å². The number of pyridine rings is 1. The zero-order valence-electron chi connectivity index (χ0n) is 9.14. The lowest BCUT2D eigenvalue weighted by Gasteiger charge is -2.10. The van der Waals surface area contributed by atoms with Gasteiger partial charge in [0.05, 0.1) is 6.04 Å². The van der Waals surface area contributed by atoms with Crippen molar-refractivity contribution in [1.29, 1.82) is 0 Å². The smallest absolute Gasteiger partial charge is 0.268 e. The normalized spacial score (nSPS) is 12.1. The molecular weight excluding hydrogens is 238 g/mol. The summed E-state index contributed by atoms with van der Waals surface area (Å²) < 4.78 is 0. The first kappa shape index (κ1) is 11.5. The first-order chi connectivity index (χ1) is 8.16. The Labute approximate surface area is 102 Å². The van der Waals surface area contributed by atoms with Crippen molar-refractivity contribution >= 4 is 17.2 Å². The van der Waals surface area contributed by atoms with Gasteiger partial charge in [-0.05, 0) is 13.0 Å². The van der Waals surface area contributed by atoms with Crippen molar-refractivity contribution in [3.05, 3.63) is 50.8 Å². The quantitative estimate of drug-likeness (QED) is 0.861. The molecule has 0 aliphatic rings. The topological polar surface area (TPSA) is 74.8 Å². The summed E-state index contributed by atoms with van der Waals surface area (Å²) in [4.78, 5) is 29.4. The monoisotopic (exact) mass is 249 g/mol. The number of carbonyl (C=O) groups excluding carboxylic acids is 1. The molecule has 0 saturated carbocycles. The van der Waals surface area contributed by atoms with E-state index in [2.05, 4.69) is 15.3 Å². The SMILES string of the molecule is CC(NC(=O)c1cccc(=O)[nH]1)c1nccs1. The van der Waals surface area contributed by atoms with E-state index in [-0.39, 0.29) is 23.2 Å². The van der Waals surface area contributed by atoms with Gasteiger partial charge in [0.1, 0.15) is 10.7 Å². The van der Waals surface area contributed by atoms with Crippen molar-refractivity contribution in [2.75, 3.05) is 0 Å². The second kappa shape index (κ2) is 4.92. The lowest BCUT2D eigenvalue weighted by Crippen LogP contribution is -2.28. The molecule has 0 fully saturated rings. The number of hydrogen-bond donors (Lipinski definition) is 2. The lowest BCUT2D eigenvalue weighted by atomic mass is 10.3. The van der Waals surface area contributed by atoms with Gasteiger partial charge in [0.2, 0.25) is 5.56 Å². The molecule has 88 valence electrons. The number of H-pyrrole nitrogens is 1. The van der Waals surface area contributed by atoms with Gasteiger partial charge in [-0.25, -0.2) is 4.98 Å². The molecule has 0 aliphatic carbocycles. The van der Waals surface area contributed by atoms with E-state index in [1.165, 1.54) is 17.4 Å². The molecule has 2 N–H and O–H groups in total. The van der Waals surface area contributed by atoms with Crippen molar-refractivity contribution in [3.8, 4) is 0 Å². The molecule has 0 radical (unpaired) electrons. The summed E-state index contributed by atoms with van der Waals surface area (Å²) in [6, 6.07) is 4.29. The van der Waals surface area contributed by atoms with Crippen LogP contribution in [0.2, 0.25) is 0 Å². The van der Waals surface area contributed by atoms with Crippen molar-refractivity contribution in [2.24, 2.45) is 0 Å². The van der Waals surface area contributed by atoms with Gasteiger partial charge in [-0.15, -0.1) is 11.3 Å². The highest BCUT2D eigenvalue weighted by molar-refractivity contribution is 7.09. The summed E-state index contributed by atoms with van der Waals surface area (Å²) in [7, 11) is 0. The van der Waals surface area contributed by atoms with Crippen LogP contribution in [-0.2, 0) is 0 Å². The van der Waals surface area contributed by atoms with Crippen molar-refractivity contribution in [3.63, 3.8) is 0 Å². The molecule has 1 atom stereocenters. The van der Waals surface area contributed by atoms with Crippen LogP contribution in [0.5, 0.6) is 0 Å². The predicted octanol–water partition coefficient (Wildman–Crippen LogP) is 1.32. The fourth-order valence-corrected chi connectivity index (χ4v) is 2.01. The highest BCUT2D eigenvalue weighted by atomic mass is 32.1. The minimum absolute atomic E-state index is 0.175. The number of aromatic nitrogens is 2. The number of rotatable bonds is 3. The van der Waals surface area contributed by atoms with Gasteiger partial charge in [-0.1, -0.05) is 6.07 Å². The average molecular weight is 249 g/mol. The van der Waals surface area contributed by atoms with Gasteiger partial charge in [-0.2, -0.15) is 0 Å². The summed E-state index contributed by atoms with van der Waals surface area (Å²) in [6.45, 7) is 1.85. The van der Waals surface area contributed by atoms with Gasteiger partial charge < -0.3 is 10.3 Å². The van der Waals surface area contributed by atoms with Gasteiger partial charge in [0, 0.05) is 17.6 Å². The van der Waals surface area contributed by atoms with Crippen LogP contribution in [0.3, 0.4) is 0 Å². The highest BCUT2D eigenvalue weighted by Crippen LogP contribution is 2.14. The molecule has 1 unspecified atom stereocenters. The van der Waals surface area contributed by atoms with Crippen LogP contribution in [0.25, 0.3) is 0 Å². The molecule has 2 aromatic heterocycles. The Balaban J connectivity index is 2.10. The van der Waals surface area contributed by atoms with E-state index >= 15 is 0 Å². The van der Waals surface area contributed by atoms with E-state index in [4.69, 9.17) is 0 Å². The summed E-state index contributed by atoms with van der Waals surface area (Å²) in [5.74, 6) is -0.314. The van der Waals surface area contributed by atoms with Gasteiger partial charge in [-0.3, -0.25) is 9.59 Å². The molecule has 17 heavy (non-hydrogen) atoms. The van der Waals surface area contributed by atoms with E-state index in [0.29, 0.717) is 0 Å². The molecule has 2 rings (SSSR count). The van der Waals surface area contributed by atoms with Crippen LogP contribution >= 0.6 is 11.3 Å². The van der Waals surface area contributed by atoms with Crippen LogP contribution in [0.4, 0.5) is 0 Å². The van der Waals surface area contributed by atoms with E-state index in [9.17, 15) is 9.59 Å². The average Bonchev–Trinajstić information content (AvgIpc) is 2.82. The number of nitrogens with one attached hydrogen (secondary N) is 2. The molecule has 0 saturated heterocycles. The van der Waals surface area contributed by atoms with Crippen molar-refractivity contribution in [2.45, 2.75) is 13.0 Å². The van der Waals surface area contributed by atoms with Crippen molar-refractivity contribution in [1.82, 2.24) is 15.3 Å². The molecule has 1 amide bonds. The Bertz CT molecular complexity index is 562. The summed E-state index contributed by atoms with van der Waals surface area (Å²) >= 11 is 1.47. The molecule has 2 heterocycles. The van der Waals surface area contributed by atoms with E-state index in [1.54, 1.807) is 18.3 Å². The number of carbonyl (C=O) groups is 1. The first-order valence-corrected chi connectivity index (χ1v) is 5.94. The van der Waals surface area contributed by atoms with Crippen LogP contribution in [-0.4, -0.2) is 15.9 Å². The summed E-state index contributed by atoms with van der Waals surface area (Å²) in [5.41, 5.74) is -0.0412. The van der Waals surface area contributed by atoms with E-state index in [1.807, 2.05) is 12.3 Å². The maximum Gasteiger partial charge on any atom is 0.268 e. The predicted molar refractivity (Wildman–Crippen MR) is 65.1 cm³/mol. The minimum atomic E-state index is -0.314. The zero-order valence-corrected chi connectivity index (χ0v) is 9.95. The second-order valence-corrected chi connectivity index (χ2v) is 4.42. The third-order valence-electron chi connectivity index (χ3n) is 2.18. The van der Waals surface area contributed by atoms with Crippen molar-refractivity contribution < 1.29 is 4.79 Å². The Morgan fingerprint density at radius 1 is 1.53 bits per heavy atom. The molecule has 0 aliphatic heterocycles. The largest absolute Gasteiger partial charge is 0.342 e. The van der Waals surface area contributed by atoms with Crippen LogP contribution in [0, 0.1) is 0 Å². The first-order valence-electron chi connectivity index (χ1n) is 5.06. The number of amides is 1. The molecular formula is C11H11N3O2S. The number of hydrogen-bond acceptors (Lipinski definition) is 4. The summed E-state index contributed by atoms with van der Waals surface area (Å²) in [5, 5.41) is 5.44. The number of thiazole rings is 1. The minimum Gasteiger partial charge on any atom is -0.342 e. The fourth-order valence-electron chi connectivity index (χ4n) is 1.36. The third-order valence-corrected chi connectivity index (χ3v) is 3.14. The van der Waals surface area contributed by atoms with Gasteiger partial charge in [0.25, 0.3) is 5.91 Å². The highest BCUT2D eigenvalue weighted by Gasteiger charge is 2.13. The maximum atomic E-state index is 11.8. The fraction of sp³-hybridized carbons (Fsp3) is 0.182. The molecule has 0 spiro atoms. The Kier molecular flexibility index (Phi) is 3.34. The van der Waals surface area contributed by atoms with E-state index < -0.39 is 0 Å². The molecule has 0 aromatic carbocycles. The molecule has 0 bridgehead atoms. The standard InChI is InChI=1S/C11H11N3O2S/c1-7(11-12-5-6-17-11)13-10(16)8-3-2-4-9(15)14-8/h2-7H,1H3,(H,13,16)(H,14,15). The molecule has 5 nitrogen and oxygen atoms in total. The number of aromatic amines is 1. The third kappa shape index (κ3) is 2.79. The van der Waals surface area contributed by atoms with Gasteiger partial charge in [0.15, 0.2) is 0 Å². The second-order valence-electron chi connectivity index (χ2n) is 3.49. The Morgan fingerprint density at radius 2 is 2.35 bits per heavy atom. The Hall–Kier alpha value is -1.95. The lowest BCUT2D eigenvalue weighted by molar-refractivity contribution is 0.0934. The maximum absolute atomic E-state index is 11.8. The molecule has 6 heteroatoms. The van der Waals surface area contributed by atoms with E-state index in [0.717, 1.165) is 5.01 Å². The molecule has 2 aromatic rings. The van der Waals surface area contributed by atoms with Crippen LogP contribution < -0.4 is 10.9 Å². The number of nitrogens with zero attached hydrogens (tertiary/aromatic N) is 1.